The molecule has 0 atom stereocenters. The van der Waals surface area contributed by atoms with Crippen LogP contribution in [0.4, 0.5) is 5.82 Å². The van der Waals surface area contributed by atoms with E-state index in [2.05, 4.69) is 9.71 Å². The fourth-order valence-electron chi connectivity index (χ4n) is 1.68. The Morgan fingerprint density at radius 3 is 2.68 bits per heavy atom. The lowest BCUT2D eigenvalue weighted by atomic mass is 10.1. The number of nitrogens with one attached hydrogen (secondary N) is 1. The van der Waals surface area contributed by atoms with Crippen LogP contribution in [0.5, 0.6) is 0 Å². The molecule has 2 aromatic rings. The molecule has 19 heavy (non-hydrogen) atoms. The second kappa shape index (κ2) is 5.38. The summed E-state index contributed by atoms with van der Waals surface area (Å²) in [7, 11) is -3.64. The van der Waals surface area contributed by atoms with Crippen LogP contribution < -0.4 is 10.5 Å². The van der Waals surface area contributed by atoms with Crippen molar-refractivity contribution in [2.45, 2.75) is 18.4 Å². The van der Waals surface area contributed by atoms with E-state index in [1.807, 2.05) is 6.07 Å². The number of rotatable bonds is 4. The average Bonchev–Trinajstić information content (AvgIpc) is 2.39. The number of hydrogen-bond donors (Lipinski definition) is 2. The lowest BCUT2D eigenvalue weighted by Crippen LogP contribution is -2.15. The summed E-state index contributed by atoms with van der Waals surface area (Å²) < 4.78 is 27.0. The van der Waals surface area contributed by atoms with Crippen molar-refractivity contribution in [1.82, 2.24) is 4.98 Å². The molecule has 5 nitrogen and oxygen atoms in total. The molecule has 0 spiro atoms. The summed E-state index contributed by atoms with van der Waals surface area (Å²) in [5.41, 5.74) is 6.97. The summed E-state index contributed by atoms with van der Waals surface area (Å²) in [6.07, 6.45) is 1.53. The number of nitrogens with two attached hydrogens (primary N) is 1. The van der Waals surface area contributed by atoms with Crippen LogP contribution in [0, 0.1) is 6.92 Å². The van der Waals surface area contributed by atoms with Crippen molar-refractivity contribution >= 4 is 15.8 Å². The van der Waals surface area contributed by atoms with Crippen LogP contribution in [-0.4, -0.2) is 13.4 Å². The van der Waals surface area contributed by atoms with Gasteiger partial charge in [-0.1, -0.05) is 18.2 Å². The van der Waals surface area contributed by atoms with E-state index in [1.54, 1.807) is 37.3 Å². The largest absolute Gasteiger partial charge is 0.326 e. The number of anilines is 1. The minimum Gasteiger partial charge on any atom is -0.326 e. The Hall–Kier alpha value is -1.92. The van der Waals surface area contributed by atoms with E-state index >= 15 is 0 Å². The van der Waals surface area contributed by atoms with E-state index in [-0.39, 0.29) is 4.90 Å². The maximum absolute atomic E-state index is 12.3. The van der Waals surface area contributed by atoms with Crippen molar-refractivity contribution < 1.29 is 8.42 Å². The normalized spacial score (nSPS) is 11.3. The monoisotopic (exact) mass is 277 g/mol. The van der Waals surface area contributed by atoms with Gasteiger partial charge in [-0.2, -0.15) is 0 Å². The van der Waals surface area contributed by atoms with Crippen LogP contribution >= 0.6 is 0 Å². The molecule has 0 aliphatic rings. The Bertz CT molecular complexity index is 670. The highest BCUT2D eigenvalue weighted by molar-refractivity contribution is 7.92. The van der Waals surface area contributed by atoms with Gasteiger partial charge in [0.15, 0.2) is 0 Å². The van der Waals surface area contributed by atoms with Crippen LogP contribution in [-0.2, 0) is 16.6 Å². The molecule has 6 heteroatoms. The van der Waals surface area contributed by atoms with Crippen molar-refractivity contribution in [2.75, 3.05) is 4.72 Å². The SMILES string of the molecule is Cc1ccc(CN)cc1S(=O)(=O)Nc1ccccn1. The first kappa shape index (κ1) is 13.5. The van der Waals surface area contributed by atoms with Crippen molar-refractivity contribution in [2.24, 2.45) is 5.73 Å². The second-order valence-corrected chi connectivity index (χ2v) is 5.78. The summed E-state index contributed by atoms with van der Waals surface area (Å²) in [6, 6.07) is 10.2. The van der Waals surface area contributed by atoms with Gasteiger partial charge in [-0.25, -0.2) is 13.4 Å². The van der Waals surface area contributed by atoms with Crippen molar-refractivity contribution in [3.63, 3.8) is 0 Å². The van der Waals surface area contributed by atoms with Gasteiger partial charge in [-0.15, -0.1) is 0 Å². The van der Waals surface area contributed by atoms with Crippen LogP contribution in [0.15, 0.2) is 47.5 Å². The van der Waals surface area contributed by atoms with E-state index in [1.165, 1.54) is 6.20 Å². The van der Waals surface area contributed by atoms with E-state index in [9.17, 15) is 8.42 Å². The van der Waals surface area contributed by atoms with Crippen LogP contribution in [0.3, 0.4) is 0 Å². The second-order valence-electron chi connectivity index (χ2n) is 4.12. The number of sulfonamides is 1. The van der Waals surface area contributed by atoms with Gasteiger partial charge in [0, 0.05) is 12.7 Å². The average molecular weight is 277 g/mol. The molecule has 2 rings (SSSR count). The van der Waals surface area contributed by atoms with E-state index < -0.39 is 10.0 Å². The number of hydrogen-bond acceptors (Lipinski definition) is 4. The minimum absolute atomic E-state index is 0.223. The van der Waals surface area contributed by atoms with Gasteiger partial charge in [0.1, 0.15) is 5.82 Å². The first-order valence-electron chi connectivity index (χ1n) is 5.76. The molecule has 0 amide bonds. The fourth-order valence-corrected chi connectivity index (χ4v) is 2.98. The smallest absolute Gasteiger partial charge is 0.263 e. The first-order valence-corrected chi connectivity index (χ1v) is 7.25. The Labute approximate surface area is 112 Å². The number of aromatic nitrogens is 1. The van der Waals surface area contributed by atoms with Gasteiger partial charge in [0.05, 0.1) is 4.90 Å². The van der Waals surface area contributed by atoms with E-state index in [4.69, 9.17) is 5.73 Å². The molecule has 1 aromatic heterocycles. The van der Waals surface area contributed by atoms with Gasteiger partial charge in [-0.3, -0.25) is 4.72 Å². The van der Waals surface area contributed by atoms with Gasteiger partial charge < -0.3 is 5.73 Å². The molecule has 3 N–H and O–H groups in total. The zero-order chi connectivity index (χ0) is 13.9. The summed E-state index contributed by atoms with van der Waals surface area (Å²) in [4.78, 5) is 4.17. The maximum Gasteiger partial charge on any atom is 0.263 e. The predicted octanol–water partition coefficient (Wildman–Crippen LogP) is 1.65. The molecule has 0 unspecified atom stereocenters. The zero-order valence-electron chi connectivity index (χ0n) is 10.5. The minimum atomic E-state index is -3.64. The third kappa shape index (κ3) is 3.10. The zero-order valence-corrected chi connectivity index (χ0v) is 11.3. The van der Waals surface area contributed by atoms with Crippen molar-refractivity contribution in [1.29, 1.82) is 0 Å². The number of nitrogens with zero attached hydrogens (tertiary/aromatic N) is 1. The number of benzene rings is 1. The molecule has 0 radical (unpaired) electrons. The van der Waals surface area contributed by atoms with Gasteiger partial charge in [-0.05, 0) is 36.2 Å². The highest BCUT2D eigenvalue weighted by atomic mass is 32.2. The Kier molecular flexibility index (Phi) is 3.82. The van der Waals surface area contributed by atoms with E-state index in [0.29, 0.717) is 17.9 Å². The molecule has 0 bridgehead atoms. The summed E-state index contributed by atoms with van der Waals surface area (Å²) >= 11 is 0. The summed E-state index contributed by atoms with van der Waals surface area (Å²) in [6.45, 7) is 2.04. The molecular formula is C13H15N3O2S. The van der Waals surface area contributed by atoms with Gasteiger partial charge in [0.2, 0.25) is 0 Å². The maximum atomic E-state index is 12.3. The third-order valence-corrected chi connectivity index (χ3v) is 4.18. The molecule has 0 aliphatic heterocycles. The Morgan fingerprint density at radius 1 is 1.26 bits per heavy atom. The molecule has 0 aliphatic carbocycles. The van der Waals surface area contributed by atoms with Crippen molar-refractivity contribution in [3.05, 3.63) is 53.7 Å². The molecule has 100 valence electrons. The number of aryl methyl sites for hydroxylation is 1. The Morgan fingerprint density at radius 2 is 2.05 bits per heavy atom. The fraction of sp³-hybridized carbons (Fsp3) is 0.154. The van der Waals surface area contributed by atoms with Crippen molar-refractivity contribution in [3.8, 4) is 0 Å². The van der Waals surface area contributed by atoms with Crippen LogP contribution in [0.25, 0.3) is 0 Å². The summed E-state index contributed by atoms with van der Waals surface area (Å²) in [5.74, 6) is 0.292. The van der Waals surface area contributed by atoms with Gasteiger partial charge in [0.25, 0.3) is 10.0 Å². The topological polar surface area (TPSA) is 85.1 Å². The van der Waals surface area contributed by atoms with Crippen LogP contribution in [0.1, 0.15) is 11.1 Å². The van der Waals surface area contributed by atoms with E-state index in [0.717, 1.165) is 5.56 Å². The molecular weight excluding hydrogens is 262 g/mol. The molecule has 0 fully saturated rings. The molecule has 0 saturated heterocycles. The first-order chi connectivity index (χ1) is 9.03. The quantitative estimate of drug-likeness (QED) is 0.889. The Balaban J connectivity index is 2.39. The van der Waals surface area contributed by atoms with Crippen LogP contribution in [0.2, 0.25) is 0 Å². The highest BCUT2D eigenvalue weighted by Gasteiger charge is 2.17. The molecule has 1 heterocycles. The van der Waals surface area contributed by atoms with Gasteiger partial charge >= 0.3 is 0 Å². The lowest BCUT2D eigenvalue weighted by Gasteiger charge is -2.10. The molecule has 1 aromatic carbocycles. The lowest BCUT2D eigenvalue weighted by molar-refractivity contribution is 0.600. The highest BCUT2D eigenvalue weighted by Crippen LogP contribution is 2.19. The molecule has 0 saturated carbocycles. The standard InChI is InChI=1S/C13H15N3O2S/c1-10-5-6-11(9-14)8-12(10)19(17,18)16-13-4-2-3-7-15-13/h2-8H,9,14H2,1H3,(H,15,16). The predicted molar refractivity (Wildman–Crippen MR) is 74.1 cm³/mol. The third-order valence-electron chi connectivity index (χ3n) is 2.68. The summed E-state index contributed by atoms with van der Waals surface area (Å²) in [5, 5.41) is 0. The number of pyridine rings is 1.